The van der Waals surface area contributed by atoms with E-state index in [0.717, 1.165) is 10.6 Å². The Hall–Kier alpha value is -1.69. The van der Waals surface area contributed by atoms with Gasteiger partial charge >= 0.3 is 0 Å². The summed E-state index contributed by atoms with van der Waals surface area (Å²) in [7, 11) is 1.64. The maximum atomic E-state index is 12.3. The molecule has 1 heterocycles. The molecular formula is C16H22N2O3S. The Morgan fingerprint density at radius 3 is 2.77 bits per heavy atom. The standard InChI is InChI=1S/C16H22N2O3S/c1-3-14-16(20)17-9-10-18(14)15(19)8-11-22-13-6-4-12(21-2)5-7-13/h4-7,14H,3,8-11H2,1-2H3,(H,17,20). The molecule has 1 aromatic rings. The van der Waals surface area contributed by atoms with E-state index in [1.54, 1.807) is 23.8 Å². The van der Waals surface area contributed by atoms with Gasteiger partial charge in [-0.05, 0) is 30.7 Å². The molecular weight excluding hydrogens is 300 g/mol. The summed E-state index contributed by atoms with van der Waals surface area (Å²) in [6.45, 7) is 3.09. The summed E-state index contributed by atoms with van der Waals surface area (Å²) in [5.74, 6) is 1.55. The zero-order chi connectivity index (χ0) is 15.9. The molecule has 2 rings (SSSR count). The summed E-state index contributed by atoms with van der Waals surface area (Å²) in [6.07, 6.45) is 1.10. The molecule has 1 unspecified atom stereocenters. The fourth-order valence-corrected chi connectivity index (χ4v) is 3.33. The van der Waals surface area contributed by atoms with Gasteiger partial charge in [-0.25, -0.2) is 0 Å². The van der Waals surface area contributed by atoms with Crippen molar-refractivity contribution in [1.29, 1.82) is 0 Å². The van der Waals surface area contributed by atoms with Crippen molar-refractivity contribution in [3.63, 3.8) is 0 Å². The van der Waals surface area contributed by atoms with Crippen LogP contribution in [0.4, 0.5) is 0 Å². The van der Waals surface area contributed by atoms with Gasteiger partial charge in [-0.3, -0.25) is 9.59 Å². The highest BCUT2D eigenvalue weighted by Gasteiger charge is 2.30. The third-order valence-electron chi connectivity index (χ3n) is 3.68. The van der Waals surface area contributed by atoms with Gasteiger partial charge in [-0.1, -0.05) is 6.92 Å². The van der Waals surface area contributed by atoms with E-state index in [-0.39, 0.29) is 17.9 Å². The van der Waals surface area contributed by atoms with Crippen LogP contribution in [0, 0.1) is 0 Å². The Labute approximate surface area is 135 Å². The molecule has 120 valence electrons. The molecule has 1 N–H and O–H groups in total. The van der Waals surface area contributed by atoms with Crippen molar-refractivity contribution in [2.24, 2.45) is 0 Å². The Kier molecular flexibility index (Phi) is 6.12. The first-order valence-corrected chi connectivity index (χ1v) is 8.48. The van der Waals surface area contributed by atoms with Crippen LogP contribution in [0.1, 0.15) is 19.8 Å². The highest BCUT2D eigenvalue weighted by atomic mass is 32.2. The van der Waals surface area contributed by atoms with Gasteiger partial charge in [0.1, 0.15) is 11.8 Å². The molecule has 0 radical (unpaired) electrons. The van der Waals surface area contributed by atoms with Crippen molar-refractivity contribution < 1.29 is 14.3 Å². The third kappa shape index (κ3) is 4.16. The lowest BCUT2D eigenvalue weighted by atomic mass is 10.1. The molecule has 0 aromatic heterocycles. The zero-order valence-electron chi connectivity index (χ0n) is 13.0. The molecule has 2 amide bonds. The van der Waals surface area contributed by atoms with Gasteiger partial charge in [0.05, 0.1) is 7.11 Å². The molecule has 1 aliphatic rings. The highest BCUT2D eigenvalue weighted by Crippen LogP contribution is 2.22. The number of methoxy groups -OCH3 is 1. The lowest BCUT2D eigenvalue weighted by Gasteiger charge is -2.34. The lowest BCUT2D eigenvalue weighted by Crippen LogP contribution is -2.56. The van der Waals surface area contributed by atoms with Crippen LogP contribution in [-0.4, -0.2) is 48.7 Å². The van der Waals surface area contributed by atoms with Crippen molar-refractivity contribution in [3.05, 3.63) is 24.3 Å². The summed E-state index contributed by atoms with van der Waals surface area (Å²) >= 11 is 1.64. The minimum atomic E-state index is -0.313. The number of ether oxygens (including phenoxy) is 1. The number of benzene rings is 1. The Morgan fingerprint density at radius 1 is 1.41 bits per heavy atom. The van der Waals surface area contributed by atoms with Gasteiger partial charge in [-0.15, -0.1) is 11.8 Å². The first kappa shape index (κ1) is 16.7. The van der Waals surface area contributed by atoms with Gasteiger partial charge in [0.25, 0.3) is 0 Å². The molecule has 1 atom stereocenters. The number of nitrogens with one attached hydrogen (secondary N) is 1. The molecule has 0 spiro atoms. The quantitative estimate of drug-likeness (QED) is 0.813. The van der Waals surface area contributed by atoms with Crippen LogP contribution in [0.25, 0.3) is 0 Å². The van der Waals surface area contributed by atoms with E-state index in [2.05, 4.69) is 5.32 Å². The van der Waals surface area contributed by atoms with Crippen LogP contribution in [0.3, 0.4) is 0 Å². The second-order valence-electron chi connectivity index (χ2n) is 5.08. The molecule has 5 nitrogen and oxygen atoms in total. The van der Waals surface area contributed by atoms with Crippen LogP contribution < -0.4 is 10.1 Å². The topological polar surface area (TPSA) is 58.6 Å². The number of nitrogens with zero attached hydrogens (tertiary/aromatic N) is 1. The normalized spacial score (nSPS) is 18.0. The van der Waals surface area contributed by atoms with Crippen molar-refractivity contribution in [2.45, 2.75) is 30.7 Å². The molecule has 0 aliphatic carbocycles. The zero-order valence-corrected chi connectivity index (χ0v) is 13.8. The smallest absolute Gasteiger partial charge is 0.242 e. The number of hydrogen-bond acceptors (Lipinski definition) is 4. The largest absolute Gasteiger partial charge is 0.497 e. The summed E-state index contributed by atoms with van der Waals surface area (Å²) in [6, 6.07) is 7.47. The van der Waals surface area contributed by atoms with Crippen LogP contribution in [0.2, 0.25) is 0 Å². The van der Waals surface area contributed by atoms with Crippen LogP contribution in [-0.2, 0) is 9.59 Å². The number of carbonyl (C=O) groups excluding carboxylic acids is 2. The first-order valence-electron chi connectivity index (χ1n) is 7.49. The molecule has 1 aliphatic heterocycles. The van der Waals surface area contributed by atoms with E-state index in [1.807, 2.05) is 31.2 Å². The monoisotopic (exact) mass is 322 g/mol. The number of piperazine rings is 1. The van der Waals surface area contributed by atoms with Crippen molar-refractivity contribution in [3.8, 4) is 5.75 Å². The molecule has 1 saturated heterocycles. The third-order valence-corrected chi connectivity index (χ3v) is 4.70. The minimum absolute atomic E-state index is 0.0371. The van der Waals surface area contributed by atoms with Gasteiger partial charge < -0.3 is 15.0 Å². The SMILES string of the molecule is CCC1C(=O)NCCN1C(=O)CCSc1ccc(OC)cc1. The lowest BCUT2D eigenvalue weighted by molar-refractivity contribution is -0.143. The Bertz CT molecular complexity index is 519. The average molecular weight is 322 g/mol. The predicted molar refractivity (Wildman–Crippen MR) is 87.1 cm³/mol. The molecule has 0 bridgehead atoms. The fourth-order valence-electron chi connectivity index (χ4n) is 2.49. The molecule has 1 fully saturated rings. The van der Waals surface area contributed by atoms with E-state index >= 15 is 0 Å². The molecule has 22 heavy (non-hydrogen) atoms. The minimum Gasteiger partial charge on any atom is -0.497 e. The first-order chi connectivity index (χ1) is 10.7. The van der Waals surface area contributed by atoms with Crippen molar-refractivity contribution in [1.82, 2.24) is 10.2 Å². The summed E-state index contributed by atoms with van der Waals surface area (Å²) in [4.78, 5) is 26.9. The Morgan fingerprint density at radius 2 is 2.14 bits per heavy atom. The highest BCUT2D eigenvalue weighted by molar-refractivity contribution is 7.99. The van der Waals surface area contributed by atoms with Crippen LogP contribution in [0.15, 0.2) is 29.2 Å². The number of rotatable bonds is 6. The number of amides is 2. The predicted octanol–water partition coefficient (Wildman–Crippen LogP) is 1.91. The second-order valence-corrected chi connectivity index (χ2v) is 6.24. The maximum Gasteiger partial charge on any atom is 0.242 e. The van der Waals surface area contributed by atoms with Gasteiger partial charge in [0.15, 0.2) is 0 Å². The van der Waals surface area contributed by atoms with E-state index < -0.39 is 0 Å². The van der Waals surface area contributed by atoms with Gasteiger partial charge in [-0.2, -0.15) is 0 Å². The molecule has 1 aromatic carbocycles. The van der Waals surface area contributed by atoms with Gasteiger partial charge in [0.2, 0.25) is 11.8 Å². The van der Waals surface area contributed by atoms with Crippen molar-refractivity contribution >= 4 is 23.6 Å². The fraction of sp³-hybridized carbons (Fsp3) is 0.500. The van der Waals surface area contributed by atoms with E-state index in [9.17, 15) is 9.59 Å². The molecule has 0 saturated carbocycles. The number of thioether (sulfide) groups is 1. The average Bonchev–Trinajstić information content (AvgIpc) is 2.55. The summed E-state index contributed by atoms with van der Waals surface area (Å²) in [5.41, 5.74) is 0. The maximum absolute atomic E-state index is 12.3. The van der Waals surface area contributed by atoms with Gasteiger partial charge in [0, 0.05) is 30.2 Å². The van der Waals surface area contributed by atoms with E-state index in [1.165, 1.54) is 0 Å². The Balaban J connectivity index is 1.82. The number of carbonyl (C=O) groups is 2. The van der Waals surface area contributed by atoms with Crippen molar-refractivity contribution in [2.75, 3.05) is 26.0 Å². The van der Waals surface area contributed by atoms with E-state index in [0.29, 0.717) is 31.7 Å². The van der Waals surface area contributed by atoms with E-state index in [4.69, 9.17) is 4.74 Å². The van der Waals surface area contributed by atoms with Crippen LogP contribution >= 0.6 is 11.8 Å². The van der Waals surface area contributed by atoms with Crippen LogP contribution in [0.5, 0.6) is 5.75 Å². The molecule has 6 heteroatoms. The second kappa shape index (κ2) is 8.08. The number of hydrogen-bond donors (Lipinski definition) is 1. The summed E-state index contributed by atoms with van der Waals surface area (Å²) in [5, 5.41) is 2.81. The summed E-state index contributed by atoms with van der Waals surface area (Å²) < 4.78 is 5.12.